The zero-order chi connectivity index (χ0) is 24.6. The van der Waals surface area contributed by atoms with E-state index in [2.05, 4.69) is 26.3 Å². The Labute approximate surface area is 206 Å². The third-order valence-electron chi connectivity index (χ3n) is 6.95. The van der Waals surface area contributed by atoms with Crippen LogP contribution in [0.3, 0.4) is 0 Å². The maximum absolute atomic E-state index is 12.8. The number of halogens is 3. The lowest BCUT2D eigenvalue weighted by Gasteiger charge is -2.20. The van der Waals surface area contributed by atoms with Gasteiger partial charge in [-0.3, -0.25) is 0 Å². The lowest BCUT2D eigenvalue weighted by Crippen LogP contribution is -2.26. The highest BCUT2D eigenvalue weighted by Crippen LogP contribution is 2.38. The molecule has 1 aromatic heterocycles. The minimum Gasteiger partial charge on any atom is -0.361 e. The van der Waals surface area contributed by atoms with Gasteiger partial charge in [0.1, 0.15) is 5.76 Å². The topological polar surface area (TPSA) is 55.5 Å². The number of alkyl halides is 3. The van der Waals surface area contributed by atoms with Crippen LogP contribution in [-0.2, 0) is 18.1 Å². The van der Waals surface area contributed by atoms with Gasteiger partial charge in [0, 0.05) is 31.5 Å². The highest BCUT2D eigenvalue weighted by atomic mass is 32.2. The summed E-state index contributed by atoms with van der Waals surface area (Å²) in [5.74, 6) is 2.80. The summed E-state index contributed by atoms with van der Waals surface area (Å²) >= 11 is 1.63. The van der Waals surface area contributed by atoms with Gasteiger partial charge in [0.25, 0.3) is 0 Å². The Hall–Kier alpha value is -2.59. The summed E-state index contributed by atoms with van der Waals surface area (Å²) in [7, 11) is 1.85. The Balaban J connectivity index is 1.10. The van der Waals surface area contributed by atoms with Crippen LogP contribution < -0.4 is 0 Å². The smallest absolute Gasteiger partial charge is 0.361 e. The quantitative estimate of drug-likeness (QED) is 0.375. The first-order valence-electron chi connectivity index (χ1n) is 11.9. The lowest BCUT2D eigenvalue weighted by molar-refractivity contribution is -0.137. The molecular formula is C25H28F3N5OS. The number of hydrogen-bond acceptors (Lipinski definition) is 6. The van der Waals surface area contributed by atoms with Crippen LogP contribution in [0.15, 0.2) is 57.6 Å². The summed E-state index contributed by atoms with van der Waals surface area (Å²) in [4.78, 5) is 8.03. The molecule has 0 bridgehead atoms. The summed E-state index contributed by atoms with van der Waals surface area (Å²) in [5.41, 5.74) is 4.00. The molecule has 3 aliphatic rings. The second-order valence-corrected chi connectivity index (χ2v) is 10.3. The third kappa shape index (κ3) is 5.18. The number of fused-ring (bicyclic) bond motifs is 1. The van der Waals surface area contributed by atoms with E-state index in [1.54, 1.807) is 17.3 Å². The lowest BCUT2D eigenvalue weighted by atomic mass is 9.84. The Morgan fingerprint density at radius 3 is 2.66 bits per heavy atom. The van der Waals surface area contributed by atoms with Gasteiger partial charge in [-0.15, -0.1) is 10.2 Å². The zero-order valence-electron chi connectivity index (χ0n) is 19.8. The van der Waals surface area contributed by atoms with Crippen molar-refractivity contribution in [2.45, 2.75) is 43.9 Å². The van der Waals surface area contributed by atoms with Crippen LogP contribution in [0.5, 0.6) is 0 Å². The van der Waals surface area contributed by atoms with Gasteiger partial charge < -0.3 is 14.3 Å². The number of nitrogens with zero attached hydrogens (tertiary/aromatic N) is 5. The number of benzene rings is 1. The fraction of sp³-hybridized carbons (Fsp3) is 0.480. The Morgan fingerprint density at radius 1 is 1.11 bits per heavy atom. The number of oxime groups is 1. The monoisotopic (exact) mass is 503 g/mol. The van der Waals surface area contributed by atoms with Crippen molar-refractivity contribution in [1.29, 1.82) is 0 Å². The van der Waals surface area contributed by atoms with Crippen molar-refractivity contribution < 1.29 is 18.0 Å². The largest absolute Gasteiger partial charge is 0.416 e. The van der Waals surface area contributed by atoms with Crippen molar-refractivity contribution >= 4 is 17.5 Å². The van der Waals surface area contributed by atoms with E-state index in [4.69, 9.17) is 4.84 Å². The van der Waals surface area contributed by atoms with E-state index in [9.17, 15) is 13.2 Å². The van der Waals surface area contributed by atoms with Crippen LogP contribution in [0.1, 0.15) is 38.2 Å². The zero-order valence-corrected chi connectivity index (χ0v) is 20.6. The average Bonchev–Trinajstić information content (AvgIpc) is 3.31. The summed E-state index contributed by atoms with van der Waals surface area (Å²) < 4.78 is 40.3. The van der Waals surface area contributed by atoms with Gasteiger partial charge in [-0.25, -0.2) is 0 Å². The SMILES string of the molecule is CC1=NOC2=CC3=C(CCN(CCCSc4nnc(-c5ccc(C(F)(F)F)cc5)n4C)CC3)CC21. The molecule has 0 N–H and O–H groups in total. The van der Waals surface area contributed by atoms with E-state index < -0.39 is 11.7 Å². The van der Waals surface area contributed by atoms with Gasteiger partial charge in [0.05, 0.1) is 17.2 Å². The molecular weight excluding hydrogens is 475 g/mol. The van der Waals surface area contributed by atoms with E-state index in [1.807, 2.05) is 18.5 Å². The molecule has 2 aliphatic heterocycles. The molecule has 1 aromatic carbocycles. The number of hydrogen-bond donors (Lipinski definition) is 0. The minimum atomic E-state index is -4.35. The van der Waals surface area contributed by atoms with E-state index in [0.717, 1.165) is 79.8 Å². The summed E-state index contributed by atoms with van der Waals surface area (Å²) in [6.45, 7) is 5.17. The Morgan fingerprint density at radius 2 is 1.89 bits per heavy atom. The Bertz CT molecular complexity index is 1180. The number of aromatic nitrogens is 3. The molecule has 35 heavy (non-hydrogen) atoms. The van der Waals surface area contributed by atoms with Crippen LogP contribution in [0.4, 0.5) is 13.2 Å². The molecule has 0 spiro atoms. The predicted molar refractivity (Wildman–Crippen MR) is 130 cm³/mol. The molecule has 3 heterocycles. The van der Waals surface area contributed by atoms with E-state index in [-0.39, 0.29) is 0 Å². The van der Waals surface area contributed by atoms with Crippen LogP contribution >= 0.6 is 11.8 Å². The summed E-state index contributed by atoms with van der Waals surface area (Å²) in [6, 6.07) is 5.04. The number of rotatable bonds is 6. The van der Waals surface area contributed by atoms with E-state index in [1.165, 1.54) is 17.7 Å². The highest BCUT2D eigenvalue weighted by molar-refractivity contribution is 7.99. The van der Waals surface area contributed by atoms with Gasteiger partial charge in [-0.1, -0.05) is 34.6 Å². The molecule has 186 valence electrons. The van der Waals surface area contributed by atoms with Crippen LogP contribution in [0.25, 0.3) is 11.4 Å². The van der Waals surface area contributed by atoms with Crippen LogP contribution in [-0.4, -0.2) is 50.8 Å². The first-order valence-corrected chi connectivity index (χ1v) is 12.8. The number of thioether (sulfide) groups is 1. The second-order valence-electron chi connectivity index (χ2n) is 9.24. The van der Waals surface area contributed by atoms with Gasteiger partial charge >= 0.3 is 6.18 Å². The maximum atomic E-state index is 12.8. The molecule has 1 atom stereocenters. The molecule has 0 fully saturated rings. The first kappa shape index (κ1) is 24.1. The first-order chi connectivity index (χ1) is 16.8. The average molecular weight is 504 g/mol. The summed E-state index contributed by atoms with van der Waals surface area (Å²) in [5, 5.41) is 13.4. The minimum absolute atomic E-state index is 0.329. The van der Waals surface area contributed by atoms with Crippen molar-refractivity contribution in [2.24, 2.45) is 18.1 Å². The van der Waals surface area contributed by atoms with Gasteiger partial charge in [0.2, 0.25) is 0 Å². The molecule has 0 amide bonds. The Kier molecular flexibility index (Phi) is 6.76. The molecule has 2 aromatic rings. The fourth-order valence-electron chi connectivity index (χ4n) is 4.85. The van der Waals surface area contributed by atoms with Gasteiger partial charge in [0.15, 0.2) is 11.0 Å². The third-order valence-corrected chi connectivity index (χ3v) is 8.05. The van der Waals surface area contributed by atoms with Gasteiger partial charge in [-0.05, 0) is 62.9 Å². The summed E-state index contributed by atoms with van der Waals surface area (Å²) in [6.07, 6.45) is 2.06. The molecule has 10 heteroatoms. The molecule has 0 saturated heterocycles. The fourth-order valence-corrected chi connectivity index (χ4v) is 5.69. The number of allylic oxidation sites excluding steroid dienone is 2. The molecule has 1 unspecified atom stereocenters. The maximum Gasteiger partial charge on any atom is 0.416 e. The van der Waals surface area contributed by atoms with Crippen molar-refractivity contribution in [1.82, 2.24) is 19.7 Å². The molecule has 5 rings (SSSR count). The molecule has 6 nitrogen and oxygen atoms in total. The van der Waals surface area contributed by atoms with Crippen molar-refractivity contribution in [3.63, 3.8) is 0 Å². The van der Waals surface area contributed by atoms with Crippen LogP contribution in [0, 0.1) is 5.92 Å². The van der Waals surface area contributed by atoms with Crippen molar-refractivity contribution in [3.05, 3.63) is 52.8 Å². The van der Waals surface area contributed by atoms with E-state index in [0.29, 0.717) is 17.3 Å². The van der Waals surface area contributed by atoms with E-state index >= 15 is 0 Å². The standard InChI is InChI=1S/C25H28F3N5OS/c1-16-21-14-18-8-11-33(12-9-19(18)15-22(21)34-31-16)10-3-13-35-24-30-29-23(32(24)2)17-4-6-20(7-5-17)25(26,27)28/h4-7,15,21H,3,8-14H2,1-2H3. The van der Waals surface area contributed by atoms with Crippen molar-refractivity contribution in [3.8, 4) is 11.4 Å². The molecule has 1 aliphatic carbocycles. The second kappa shape index (κ2) is 9.81. The van der Waals surface area contributed by atoms with Crippen molar-refractivity contribution in [2.75, 3.05) is 25.4 Å². The molecule has 0 radical (unpaired) electrons. The predicted octanol–water partition coefficient (Wildman–Crippen LogP) is 5.69. The normalized spacial score (nSPS) is 20.7. The van der Waals surface area contributed by atoms with Crippen LogP contribution in [0.2, 0.25) is 0 Å². The van der Waals surface area contributed by atoms with Gasteiger partial charge in [-0.2, -0.15) is 13.2 Å². The highest BCUT2D eigenvalue weighted by Gasteiger charge is 2.32. The molecule has 0 saturated carbocycles.